The van der Waals surface area contributed by atoms with Crippen LogP contribution in [0.25, 0.3) is 0 Å². The van der Waals surface area contributed by atoms with E-state index < -0.39 is 0 Å². The molecule has 1 aliphatic heterocycles. The van der Waals surface area contributed by atoms with E-state index in [1.54, 1.807) is 24.5 Å². The Bertz CT molecular complexity index is 694. The molecule has 0 aliphatic carbocycles. The zero-order chi connectivity index (χ0) is 17.6. The fourth-order valence-corrected chi connectivity index (χ4v) is 2.74. The van der Waals surface area contributed by atoms with Gasteiger partial charge in [0.05, 0.1) is 12.8 Å². The number of furan rings is 1. The first-order valence-corrected chi connectivity index (χ1v) is 8.62. The third kappa shape index (κ3) is 4.95. The van der Waals surface area contributed by atoms with E-state index in [1.165, 1.54) is 0 Å². The Morgan fingerprint density at radius 2 is 2.20 bits per heavy atom. The van der Waals surface area contributed by atoms with E-state index in [2.05, 4.69) is 27.1 Å². The van der Waals surface area contributed by atoms with Crippen molar-refractivity contribution in [1.29, 1.82) is 0 Å². The van der Waals surface area contributed by atoms with Crippen LogP contribution in [0.5, 0.6) is 5.88 Å². The number of carbonyl (C=O) groups excluding carboxylic acids is 1. The summed E-state index contributed by atoms with van der Waals surface area (Å²) in [6.07, 6.45) is 3.86. The number of hydrogen-bond donors (Lipinski definition) is 1. The topological polar surface area (TPSA) is 80.5 Å². The number of aryl methyl sites for hydroxylation is 1. The van der Waals surface area contributed by atoms with Gasteiger partial charge in [-0.15, -0.1) is 0 Å². The van der Waals surface area contributed by atoms with Gasteiger partial charge in [0, 0.05) is 24.8 Å². The zero-order valence-electron chi connectivity index (χ0n) is 14.7. The number of ether oxygens (including phenoxy) is 1. The van der Waals surface area contributed by atoms with E-state index in [9.17, 15) is 4.79 Å². The maximum Gasteiger partial charge on any atom is 0.258 e. The first-order chi connectivity index (χ1) is 12.1. The number of rotatable bonds is 6. The Morgan fingerprint density at radius 3 is 2.92 bits per heavy atom. The molecule has 1 amide bonds. The fraction of sp³-hybridized carbons (Fsp3) is 0.500. The smallest absolute Gasteiger partial charge is 0.258 e. The number of nitrogens with one attached hydrogen (secondary N) is 1. The largest absolute Gasteiger partial charge is 0.467 e. The zero-order valence-corrected chi connectivity index (χ0v) is 14.7. The monoisotopic (exact) mass is 344 g/mol. The van der Waals surface area contributed by atoms with Gasteiger partial charge >= 0.3 is 0 Å². The van der Waals surface area contributed by atoms with Crippen molar-refractivity contribution >= 4 is 11.9 Å². The van der Waals surface area contributed by atoms with Crippen molar-refractivity contribution in [3.63, 3.8) is 0 Å². The second kappa shape index (κ2) is 8.00. The molecule has 2 aromatic rings. The van der Waals surface area contributed by atoms with Crippen molar-refractivity contribution in [2.45, 2.75) is 33.2 Å². The minimum Gasteiger partial charge on any atom is -0.467 e. The van der Waals surface area contributed by atoms with Gasteiger partial charge in [-0.25, -0.2) is 4.98 Å². The van der Waals surface area contributed by atoms with Gasteiger partial charge in [0.1, 0.15) is 5.76 Å². The van der Waals surface area contributed by atoms with Gasteiger partial charge in [0.25, 0.3) is 5.91 Å². The number of carbonyl (C=O) groups is 1. The summed E-state index contributed by atoms with van der Waals surface area (Å²) in [6.45, 7) is 6.33. The SMILES string of the molecule is Cc1cc(OCC(=O)NCc2ccco2)nc(N2CCC(C)CC2)n1. The van der Waals surface area contributed by atoms with E-state index in [-0.39, 0.29) is 12.5 Å². The van der Waals surface area contributed by atoms with Crippen LogP contribution in [0.2, 0.25) is 0 Å². The molecular weight excluding hydrogens is 320 g/mol. The molecule has 7 heteroatoms. The molecule has 7 nitrogen and oxygen atoms in total. The average molecular weight is 344 g/mol. The van der Waals surface area contributed by atoms with Crippen LogP contribution in [-0.2, 0) is 11.3 Å². The lowest BCUT2D eigenvalue weighted by atomic mass is 10.00. The predicted molar refractivity (Wildman–Crippen MR) is 93.4 cm³/mol. The quantitative estimate of drug-likeness (QED) is 0.866. The molecule has 1 saturated heterocycles. The third-order valence-corrected chi connectivity index (χ3v) is 4.28. The minimum atomic E-state index is -0.221. The molecule has 0 bridgehead atoms. The third-order valence-electron chi connectivity index (χ3n) is 4.28. The number of nitrogens with zero attached hydrogens (tertiary/aromatic N) is 3. The lowest BCUT2D eigenvalue weighted by Gasteiger charge is -2.30. The van der Waals surface area contributed by atoms with Crippen LogP contribution < -0.4 is 15.0 Å². The van der Waals surface area contributed by atoms with Gasteiger partial charge in [0.2, 0.25) is 11.8 Å². The molecule has 0 atom stereocenters. The van der Waals surface area contributed by atoms with E-state index in [1.807, 2.05) is 6.92 Å². The molecule has 0 radical (unpaired) electrons. The van der Waals surface area contributed by atoms with E-state index in [0.717, 1.165) is 37.5 Å². The summed E-state index contributed by atoms with van der Waals surface area (Å²) in [7, 11) is 0. The number of piperidine rings is 1. The van der Waals surface area contributed by atoms with Crippen molar-refractivity contribution in [1.82, 2.24) is 15.3 Å². The summed E-state index contributed by atoms with van der Waals surface area (Å²) in [5.74, 6) is 2.33. The first kappa shape index (κ1) is 17.3. The Kier molecular flexibility index (Phi) is 5.53. The molecule has 25 heavy (non-hydrogen) atoms. The highest BCUT2D eigenvalue weighted by atomic mass is 16.5. The number of hydrogen-bond acceptors (Lipinski definition) is 6. The second-order valence-corrected chi connectivity index (χ2v) is 6.46. The van der Waals surface area contributed by atoms with Crippen LogP contribution in [0.4, 0.5) is 5.95 Å². The van der Waals surface area contributed by atoms with Crippen molar-refractivity contribution in [2.24, 2.45) is 5.92 Å². The summed E-state index contributed by atoms with van der Waals surface area (Å²) in [5, 5.41) is 2.74. The van der Waals surface area contributed by atoms with Gasteiger partial charge in [-0.2, -0.15) is 4.98 Å². The van der Waals surface area contributed by atoms with Crippen molar-refractivity contribution in [3.8, 4) is 5.88 Å². The molecule has 2 aromatic heterocycles. The number of anilines is 1. The molecule has 134 valence electrons. The maximum atomic E-state index is 11.9. The highest BCUT2D eigenvalue weighted by molar-refractivity contribution is 5.77. The molecule has 3 heterocycles. The lowest BCUT2D eigenvalue weighted by molar-refractivity contribution is -0.123. The van der Waals surface area contributed by atoms with Gasteiger partial charge in [0.15, 0.2) is 6.61 Å². The lowest BCUT2D eigenvalue weighted by Crippen LogP contribution is -2.34. The standard InChI is InChI=1S/C18H24N4O3/c1-13-5-7-22(8-6-13)18-20-14(2)10-17(21-18)25-12-16(23)19-11-15-4-3-9-24-15/h3-4,9-10,13H,5-8,11-12H2,1-2H3,(H,19,23). The van der Waals surface area contributed by atoms with Crippen LogP contribution in [-0.4, -0.2) is 35.6 Å². The van der Waals surface area contributed by atoms with Gasteiger partial charge in [-0.3, -0.25) is 4.79 Å². The van der Waals surface area contributed by atoms with E-state index >= 15 is 0 Å². The molecular formula is C18H24N4O3. The summed E-state index contributed by atoms with van der Waals surface area (Å²) in [6, 6.07) is 5.33. The molecule has 0 saturated carbocycles. The van der Waals surface area contributed by atoms with E-state index in [4.69, 9.17) is 9.15 Å². The molecule has 0 aromatic carbocycles. The van der Waals surface area contributed by atoms with Gasteiger partial charge in [-0.05, 0) is 37.8 Å². The van der Waals surface area contributed by atoms with Crippen LogP contribution >= 0.6 is 0 Å². The number of amides is 1. The summed E-state index contributed by atoms with van der Waals surface area (Å²) >= 11 is 0. The Labute approximate surface area is 147 Å². The van der Waals surface area contributed by atoms with Crippen LogP contribution in [0, 0.1) is 12.8 Å². The van der Waals surface area contributed by atoms with Gasteiger partial charge < -0.3 is 19.4 Å². The Balaban J connectivity index is 1.54. The molecule has 3 rings (SSSR count). The Hall–Kier alpha value is -2.57. The second-order valence-electron chi connectivity index (χ2n) is 6.46. The van der Waals surface area contributed by atoms with Crippen molar-refractivity contribution in [2.75, 3.05) is 24.6 Å². The number of aromatic nitrogens is 2. The maximum absolute atomic E-state index is 11.9. The summed E-state index contributed by atoms with van der Waals surface area (Å²) in [4.78, 5) is 23.0. The van der Waals surface area contributed by atoms with Crippen LogP contribution in [0.15, 0.2) is 28.9 Å². The minimum absolute atomic E-state index is 0.0896. The Morgan fingerprint density at radius 1 is 1.40 bits per heavy atom. The van der Waals surface area contributed by atoms with Crippen molar-refractivity contribution < 1.29 is 13.9 Å². The molecule has 1 N–H and O–H groups in total. The summed E-state index contributed by atoms with van der Waals surface area (Å²) in [5.41, 5.74) is 0.828. The molecule has 1 fully saturated rings. The van der Waals surface area contributed by atoms with Crippen molar-refractivity contribution in [3.05, 3.63) is 35.9 Å². The molecule has 1 aliphatic rings. The predicted octanol–water partition coefficient (Wildman–Crippen LogP) is 2.31. The first-order valence-electron chi connectivity index (χ1n) is 8.62. The van der Waals surface area contributed by atoms with Gasteiger partial charge in [-0.1, -0.05) is 6.92 Å². The van der Waals surface area contributed by atoms with Crippen LogP contribution in [0.3, 0.4) is 0 Å². The molecule has 0 unspecified atom stereocenters. The highest BCUT2D eigenvalue weighted by Crippen LogP contribution is 2.22. The normalized spacial score (nSPS) is 15.2. The highest BCUT2D eigenvalue weighted by Gasteiger charge is 2.19. The van der Waals surface area contributed by atoms with E-state index in [0.29, 0.717) is 24.1 Å². The molecule has 0 spiro atoms. The van der Waals surface area contributed by atoms with Crippen LogP contribution in [0.1, 0.15) is 31.2 Å². The average Bonchev–Trinajstić information content (AvgIpc) is 3.12. The summed E-state index contributed by atoms with van der Waals surface area (Å²) < 4.78 is 10.7. The fourth-order valence-electron chi connectivity index (χ4n) is 2.74.